The number of carbonyl (C=O) groups excluding carboxylic acids is 1. The second-order valence-corrected chi connectivity index (χ2v) is 6.76. The van der Waals surface area contributed by atoms with Crippen LogP contribution >= 0.6 is 11.8 Å². The third kappa shape index (κ3) is 3.64. The van der Waals surface area contributed by atoms with Gasteiger partial charge >= 0.3 is 5.97 Å². The molecule has 0 unspecified atom stereocenters. The van der Waals surface area contributed by atoms with Crippen LogP contribution in [0.5, 0.6) is 0 Å². The fraction of sp³-hybridized carbons (Fsp3) is 0.529. The number of benzene rings is 1. The van der Waals surface area contributed by atoms with Crippen LogP contribution in [0.1, 0.15) is 31.7 Å². The lowest BCUT2D eigenvalue weighted by Crippen LogP contribution is -2.50. The zero-order chi connectivity index (χ0) is 16.2. The van der Waals surface area contributed by atoms with Gasteiger partial charge in [-0.25, -0.2) is 0 Å². The maximum Gasteiger partial charge on any atom is 0.311 e. The average Bonchev–Trinajstić information content (AvgIpc) is 2.55. The van der Waals surface area contributed by atoms with Crippen LogP contribution in [0.2, 0.25) is 0 Å². The molecule has 120 valence electrons. The molecule has 1 atom stereocenters. The summed E-state index contributed by atoms with van der Waals surface area (Å²) in [6.45, 7) is 2.89. The van der Waals surface area contributed by atoms with Gasteiger partial charge in [-0.1, -0.05) is 19.1 Å². The van der Waals surface area contributed by atoms with Crippen molar-refractivity contribution >= 4 is 23.6 Å². The number of hydrogen-bond donors (Lipinski definition) is 1. The molecule has 1 aliphatic heterocycles. The molecule has 1 aromatic carbocycles. The summed E-state index contributed by atoms with van der Waals surface area (Å²) in [5.41, 5.74) is 0.210. The van der Waals surface area contributed by atoms with Crippen molar-refractivity contribution in [2.24, 2.45) is 5.41 Å². The van der Waals surface area contributed by atoms with Gasteiger partial charge in [0.25, 0.3) is 0 Å². The summed E-state index contributed by atoms with van der Waals surface area (Å²) in [6, 6.07) is 7.96. The molecule has 0 bridgehead atoms. The Morgan fingerprint density at radius 2 is 2.00 bits per heavy atom. The van der Waals surface area contributed by atoms with E-state index in [1.807, 2.05) is 37.4 Å². The summed E-state index contributed by atoms with van der Waals surface area (Å²) in [5, 5.41) is 9.50. The van der Waals surface area contributed by atoms with E-state index in [-0.39, 0.29) is 5.91 Å². The van der Waals surface area contributed by atoms with Crippen molar-refractivity contribution in [2.75, 3.05) is 19.3 Å². The predicted octanol–water partition coefficient (Wildman–Crippen LogP) is 3.05. The van der Waals surface area contributed by atoms with Gasteiger partial charge in [-0.2, -0.15) is 0 Å². The van der Waals surface area contributed by atoms with Crippen molar-refractivity contribution in [1.82, 2.24) is 4.90 Å². The van der Waals surface area contributed by atoms with Crippen LogP contribution in [0.25, 0.3) is 0 Å². The number of rotatable bonds is 5. The normalized spacial score (nSPS) is 21.6. The molecular weight excluding hydrogens is 298 g/mol. The fourth-order valence-electron chi connectivity index (χ4n) is 2.99. The SMILES string of the molecule is CC[C@@]1(C(=O)O)CCCN(C(=O)Cc2ccc(SC)cc2)C1. The third-order valence-corrected chi connectivity index (χ3v) is 5.32. The van der Waals surface area contributed by atoms with Gasteiger partial charge in [0, 0.05) is 18.0 Å². The van der Waals surface area contributed by atoms with Gasteiger partial charge in [0.2, 0.25) is 5.91 Å². The number of likely N-dealkylation sites (tertiary alicyclic amines) is 1. The van der Waals surface area contributed by atoms with E-state index in [1.54, 1.807) is 16.7 Å². The van der Waals surface area contributed by atoms with Gasteiger partial charge in [-0.3, -0.25) is 9.59 Å². The van der Waals surface area contributed by atoms with E-state index in [9.17, 15) is 14.7 Å². The van der Waals surface area contributed by atoms with Crippen molar-refractivity contribution in [3.8, 4) is 0 Å². The van der Waals surface area contributed by atoms with Gasteiger partial charge in [0.05, 0.1) is 11.8 Å². The smallest absolute Gasteiger partial charge is 0.311 e. The Balaban J connectivity index is 2.03. The van der Waals surface area contributed by atoms with Crippen LogP contribution in [0, 0.1) is 5.41 Å². The van der Waals surface area contributed by atoms with E-state index < -0.39 is 11.4 Å². The lowest BCUT2D eigenvalue weighted by Gasteiger charge is -2.39. The molecule has 4 nitrogen and oxygen atoms in total. The standard InChI is InChI=1S/C17H23NO3S/c1-3-17(16(20)21)9-4-10-18(12-17)15(19)11-13-5-7-14(22-2)8-6-13/h5-8H,3-4,9-12H2,1-2H3,(H,20,21)/t17-/m1/s1. The first-order valence-electron chi connectivity index (χ1n) is 7.65. The highest BCUT2D eigenvalue weighted by molar-refractivity contribution is 7.98. The molecule has 0 radical (unpaired) electrons. The number of carbonyl (C=O) groups is 2. The van der Waals surface area contributed by atoms with Crippen LogP contribution in [0.15, 0.2) is 29.2 Å². The quantitative estimate of drug-likeness (QED) is 0.847. The molecule has 1 aliphatic rings. The number of aliphatic carboxylic acids is 1. The highest BCUT2D eigenvalue weighted by Gasteiger charge is 2.41. The Morgan fingerprint density at radius 1 is 1.32 bits per heavy atom. The number of thioether (sulfide) groups is 1. The van der Waals surface area contributed by atoms with E-state index in [1.165, 1.54) is 4.90 Å². The first kappa shape index (κ1) is 16.9. The summed E-state index contributed by atoms with van der Waals surface area (Å²) < 4.78 is 0. The number of carboxylic acids is 1. The highest BCUT2D eigenvalue weighted by atomic mass is 32.2. The fourth-order valence-corrected chi connectivity index (χ4v) is 3.40. The maximum absolute atomic E-state index is 12.5. The van der Waals surface area contributed by atoms with E-state index in [0.29, 0.717) is 32.4 Å². The number of carboxylic acid groups (broad SMARTS) is 1. The maximum atomic E-state index is 12.5. The van der Waals surface area contributed by atoms with E-state index in [4.69, 9.17) is 0 Å². The Morgan fingerprint density at radius 3 is 2.55 bits per heavy atom. The number of amides is 1. The van der Waals surface area contributed by atoms with Crippen molar-refractivity contribution in [2.45, 2.75) is 37.5 Å². The Labute approximate surface area is 135 Å². The molecule has 2 rings (SSSR count). The molecule has 0 spiro atoms. The van der Waals surface area contributed by atoms with Gasteiger partial charge < -0.3 is 10.0 Å². The number of hydrogen-bond acceptors (Lipinski definition) is 3. The minimum Gasteiger partial charge on any atom is -0.481 e. The van der Waals surface area contributed by atoms with Crippen molar-refractivity contribution < 1.29 is 14.7 Å². The van der Waals surface area contributed by atoms with Crippen LogP contribution in [-0.2, 0) is 16.0 Å². The lowest BCUT2D eigenvalue weighted by molar-refractivity contribution is -0.155. The molecule has 1 N–H and O–H groups in total. The molecule has 1 fully saturated rings. The molecule has 1 saturated heterocycles. The van der Waals surface area contributed by atoms with Crippen LogP contribution in [-0.4, -0.2) is 41.2 Å². The zero-order valence-electron chi connectivity index (χ0n) is 13.2. The van der Waals surface area contributed by atoms with Gasteiger partial charge in [0.1, 0.15) is 0 Å². The lowest BCUT2D eigenvalue weighted by atomic mass is 9.77. The number of nitrogens with zero attached hydrogens (tertiary/aromatic N) is 1. The Kier molecular flexibility index (Phi) is 5.51. The molecule has 1 heterocycles. The van der Waals surface area contributed by atoms with Crippen molar-refractivity contribution in [1.29, 1.82) is 0 Å². The first-order chi connectivity index (χ1) is 10.5. The summed E-state index contributed by atoms with van der Waals surface area (Å²) >= 11 is 1.67. The molecule has 22 heavy (non-hydrogen) atoms. The largest absolute Gasteiger partial charge is 0.481 e. The Bertz CT molecular complexity index is 543. The summed E-state index contributed by atoms with van der Waals surface area (Å²) in [5.74, 6) is -0.757. The molecule has 1 aromatic rings. The summed E-state index contributed by atoms with van der Waals surface area (Å²) in [4.78, 5) is 26.9. The molecular formula is C17H23NO3S. The molecule has 0 aliphatic carbocycles. The zero-order valence-corrected chi connectivity index (χ0v) is 14.0. The van der Waals surface area contributed by atoms with Crippen LogP contribution in [0.4, 0.5) is 0 Å². The molecule has 0 aromatic heterocycles. The average molecular weight is 321 g/mol. The highest BCUT2D eigenvalue weighted by Crippen LogP contribution is 2.34. The van der Waals surface area contributed by atoms with Crippen LogP contribution in [0.3, 0.4) is 0 Å². The predicted molar refractivity (Wildman–Crippen MR) is 88.1 cm³/mol. The second-order valence-electron chi connectivity index (χ2n) is 5.88. The molecule has 5 heteroatoms. The van der Waals surface area contributed by atoms with E-state index >= 15 is 0 Å². The van der Waals surface area contributed by atoms with Gasteiger partial charge in [0.15, 0.2) is 0 Å². The Hall–Kier alpha value is -1.49. The van der Waals surface area contributed by atoms with Gasteiger partial charge in [-0.15, -0.1) is 11.8 Å². The van der Waals surface area contributed by atoms with E-state index in [0.717, 1.165) is 12.0 Å². The van der Waals surface area contributed by atoms with Crippen LogP contribution < -0.4 is 0 Å². The van der Waals surface area contributed by atoms with Crippen molar-refractivity contribution in [3.63, 3.8) is 0 Å². The number of piperidine rings is 1. The molecule has 1 amide bonds. The van der Waals surface area contributed by atoms with Gasteiger partial charge in [-0.05, 0) is 43.2 Å². The minimum atomic E-state index is -0.781. The summed E-state index contributed by atoms with van der Waals surface area (Å²) in [6.07, 6.45) is 4.34. The topological polar surface area (TPSA) is 57.6 Å². The minimum absolute atomic E-state index is 0.0238. The monoisotopic (exact) mass is 321 g/mol. The first-order valence-corrected chi connectivity index (χ1v) is 8.87. The second kappa shape index (κ2) is 7.18. The molecule has 0 saturated carbocycles. The van der Waals surface area contributed by atoms with Crippen molar-refractivity contribution in [3.05, 3.63) is 29.8 Å². The third-order valence-electron chi connectivity index (χ3n) is 4.57. The van der Waals surface area contributed by atoms with E-state index in [2.05, 4.69) is 0 Å². The summed E-state index contributed by atoms with van der Waals surface area (Å²) in [7, 11) is 0.